The Bertz CT molecular complexity index is 644. The summed E-state index contributed by atoms with van der Waals surface area (Å²) in [6.45, 7) is 4.05. The highest BCUT2D eigenvalue weighted by atomic mass is 35.5. The highest BCUT2D eigenvalue weighted by molar-refractivity contribution is 7.10. The van der Waals surface area contributed by atoms with Gasteiger partial charge in [-0.2, -0.15) is 4.37 Å². The van der Waals surface area contributed by atoms with Crippen LogP contribution < -0.4 is 10.6 Å². The molecule has 3 rings (SSSR count). The van der Waals surface area contributed by atoms with Crippen LogP contribution in [0.3, 0.4) is 0 Å². The van der Waals surface area contributed by atoms with E-state index in [0.717, 1.165) is 35.8 Å². The molecule has 2 N–H and O–H groups in total. The van der Waals surface area contributed by atoms with E-state index in [1.165, 1.54) is 18.0 Å². The van der Waals surface area contributed by atoms with Crippen LogP contribution in [0.5, 0.6) is 0 Å². The minimum absolute atomic E-state index is 0. The molecule has 1 amide bonds. The van der Waals surface area contributed by atoms with Gasteiger partial charge in [-0.15, -0.1) is 24.8 Å². The van der Waals surface area contributed by atoms with Gasteiger partial charge in [0.1, 0.15) is 5.00 Å². The normalized spacial score (nSPS) is 16.3. The minimum Gasteiger partial charge on any atom is -0.316 e. The van der Waals surface area contributed by atoms with E-state index < -0.39 is 0 Å². The number of hydrogen-bond acceptors (Lipinski definition) is 5. The second-order valence-electron chi connectivity index (χ2n) is 5.43. The van der Waals surface area contributed by atoms with E-state index in [9.17, 15) is 4.79 Å². The number of anilines is 1. The third-order valence-electron chi connectivity index (χ3n) is 3.61. The highest BCUT2D eigenvalue weighted by Gasteiger charge is 2.16. The fourth-order valence-corrected chi connectivity index (χ4v) is 3.21. The van der Waals surface area contributed by atoms with Gasteiger partial charge in [-0.1, -0.05) is 0 Å². The molecule has 5 nitrogen and oxygen atoms in total. The van der Waals surface area contributed by atoms with E-state index in [-0.39, 0.29) is 30.7 Å². The first-order valence-electron chi connectivity index (χ1n) is 7.10. The lowest BCUT2D eigenvalue weighted by Gasteiger charge is -2.09. The molecule has 8 heteroatoms. The van der Waals surface area contributed by atoms with Gasteiger partial charge in [0.2, 0.25) is 0 Å². The van der Waals surface area contributed by atoms with E-state index in [4.69, 9.17) is 0 Å². The Kier molecular flexibility index (Phi) is 7.91. The van der Waals surface area contributed by atoms with Crippen molar-refractivity contribution >= 4 is 47.3 Å². The zero-order valence-corrected chi connectivity index (χ0v) is 15.2. The molecular formula is C15H20Cl2N4OS. The molecule has 1 aliphatic heterocycles. The molecular weight excluding hydrogens is 355 g/mol. The van der Waals surface area contributed by atoms with Crippen LogP contribution >= 0.6 is 36.3 Å². The number of carbonyl (C=O) groups is 1. The number of nitrogens with zero attached hydrogens (tertiary/aromatic N) is 2. The van der Waals surface area contributed by atoms with Gasteiger partial charge in [0.25, 0.3) is 5.91 Å². The molecule has 1 atom stereocenters. The van der Waals surface area contributed by atoms with Crippen molar-refractivity contribution in [3.05, 3.63) is 41.3 Å². The Morgan fingerprint density at radius 3 is 2.87 bits per heavy atom. The number of halogens is 2. The number of hydrogen-bond donors (Lipinski definition) is 2. The molecule has 2 aromatic rings. The first-order chi connectivity index (χ1) is 10.2. The first kappa shape index (κ1) is 19.8. The van der Waals surface area contributed by atoms with Crippen LogP contribution in [-0.4, -0.2) is 28.4 Å². The number of amides is 1. The zero-order chi connectivity index (χ0) is 14.7. The van der Waals surface area contributed by atoms with Crippen molar-refractivity contribution < 1.29 is 4.79 Å². The minimum atomic E-state index is -0.127. The second kappa shape index (κ2) is 9.17. The molecule has 0 radical (unpaired) electrons. The molecule has 0 aliphatic carbocycles. The van der Waals surface area contributed by atoms with Crippen molar-refractivity contribution in [3.63, 3.8) is 0 Å². The van der Waals surface area contributed by atoms with Crippen molar-refractivity contribution in [1.29, 1.82) is 0 Å². The molecule has 0 bridgehead atoms. The molecule has 1 aliphatic rings. The number of nitrogens with one attached hydrogen (secondary N) is 2. The van der Waals surface area contributed by atoms with Gasteiger partial charge in [-0.3, -0.25) is 9.78 Å². The average molecular weight is 375 g/mol. The van der Waals surface area contributed by atoms with Gasteiger partial charge in [-0.05, 0) is 68.0 Å². The fourth-order valence-electron chi connectivity index (χ4n) is 2.55. The summed E-state index contributed by atoms with van der Waals surface area (Å²) in [7, 11) is 0. The van der Waals surface area contributed by atoms with E-state index in [2.05, 4.69) is 20.0 Å². The molecule has 0 aromatic carbocycles. The summed E-state index contributed by atoms with van der Waals surface area (Å²) >= 11 is 1.29. The van der Waals surface area contributed by atoms with Gasteiger partial charge >= 0.3 is 0 Å². The van der Waals surface area contributed by atoms with Crippen LogP contribution in [0.25, 0.3) is 0 Å². The SMILES string of the molecule is Cc1cc(NC(=O)c2cncc(CC3CCNC3)c2)sn1.Cl.Cl. The Hall–Kier alpha value is -1.21. The van der Waals surface area contributed by atoms with Crippen molar-refractivity contribution in [2.24, 2.45) is 5.92 Å². The summed E-state index contributed by atoms with van der Waals surface area (Å²) in [6, 6.07) is 3.80. The molecule has 1 saturated heterocycles. The number of rotatable bonds is 4. The Morgan fingerprint density at radius 2 is 2.22 bits per heavy atom. The van der Waals surface area contributed by atoms with E-state index in [1.54, 1.807) is 6.20 Å². The van der Waals surface area contributed by atoms with E-state index in [1.807, 2.05) is 25.3 Å². The Morgan fingerprint density at radius 1 is 1.39 bits per heavy atom. The summed E-state index contributed by atoms with van der Waals surface area (Å²) in [5, 5.41) is 6.99. The molecule has 2 aromatic heterocycles. The van der Waals surface area contributed by atoms with Crippen LogP contribution in [0.15, 0.2) is 24.5 Å². The molecule has 3 heterocycles. The summed E-state index contributed by atoms with van der Waals surface area (Å²) in [6.07, 6.45) is 5.63. The van der Waals surface area contributed by atoms with Gasteiger partial charge in [0.15, 0.2) is 0 Å². The van der Waals surface area contributed by atoms with Crippen molar-refractivity contribution in [3.8, 4) is 0 Å². The maximum Gasteiger partial charge on any atom is 0.257 e. The van der Waals surface area contributed by atoms with Gasteiger partial charge < -0.3 is 10.6 Å². The zero-order valence-electron chi connectivity index (χ0n) is 12.7. The summed E-state index contributed by atoms with van der Waals surface area (Å²) < 4.78 is 4.15. The first-order valence-corrected chi connectivity index (χ1v) is 7.87. The lowest BCUT2D eigenvalue weighted by atomic mass is 9.99. The van der Waals surface area contributed by atoms with Gasteiger partial charge in [0, 0.05) is 12.4 Å². The van der Waals surface area contributed by atoms with Gasteiger partial charge in [0.05, 0.1) is 11.3 Å². The Labute approximate surface area is 152 Å². The standard InChI is InChI=1S/C15H18N4OS.2ClH/c1-10-4-14(21-19-10)18-15(20)13-6-12(8-17-9-13)5-11-2-3-16-7-11;;/h4,6,8-9,11,16H,2-3,5,7H2,1H3,(H,18,20);2*1H. The van der Waals surface area contributed by atoms with Gasteiger partial charge in [-0.25, -0.2) is 0 Å². The van der Waals surface area contributed by atoms with Crippen LogP contribution in [-0.2, 0) is 6.42 Å². The lowest BCUT2D eigenvalue weighted by molar-refractivity contribution is 0.102. The summed E-state index contributed by atoms with van der Waals surface area (Å²) in [5.74, 6) is 0.520. The summed E-state index contributed by atoms with van der Waals surface area (Å²) in [5.41, 5.74) is 2.64. The summed E-state index contributed by atoms with van der Waals surface area (Å²) in [4.78, 5) is 16.4. The molecule has 0 saturated carbocycles. The quantitative estimate of drug-likeness (QED) is 0.862. The maximum absolute atomic E-state index is 12.2. The predicted molar refractivity (Wildman–Crippen MR) is 98.2 cm³/mol. The largest absolute Gasteiger partial charge is 0.316 e. The monoisotopic (exact) mass is 374 g/mol. The number of carbonyl (C=O) groups excluding carboxylic acids is 1. The van der Waals surface area contributed by atoms with Crippen molar-refractivity contribution in [2.75, 3.05) is 18.4 Å². The lowest BCUT2D eigenvalue weighted by Crippen LogP contribution is -2.13. The fraction of sp³-hybridized carbons (Fsp3) is 0.400. The van der Waals surface area contributed by atoms with Crippen LogP contribution in [0.4, 0.5) is 5.00 Å². The second-order valence-corrected chi connectivity index (χ2v) is 6.24. The average Bonchev–Trinajstić information content (AvgIpc) is 3.11. The third kappa shape index (κ3) is 5.42. The van der Waals surface area contributed by atoms with Crippen LogP contribution in [0.2, 0.25) is 0 Å². The maximum atomic E-state index is 12.2. The molecule has 126 valence electrons. The Balaban J connectivity index is 0.00000132. The smallest absolute Gasteiger partial charge is 0.257 e. The molecule has 1 unspecified atom stereocenters. The highest BCUT2D eigenvalue weighted by Crippen LogP contribution is 2.18. The van der Waals surface area contributed by atoms with Crippen LogP contribution in [0.1, 0.15) is 28.0 Å². The molecule has 0 spiro atoms. The van der Waals surface area contributed by atoms with E-state index in [0.29, 0.717) is 11.5 Å². The van der Waals surface area contributed by atoms with Crippen molar-refractivity contribution in [1.82, 2.24) is 14.7 Å². The number of aryl methyl sites for hydroxylation is 1. The predicted octanol–water partition coefficient (Wildman–Crippen LogP) is 3.09. The van der Waals surface area contributed by atoms with E-state index >= 15 is 0 Å². The van der Waals surface area contributed by atoms with Crippen LogP contribution in [0, 0.1) is 12.8 Å². The van der Waals surface area contributed by atoms with Crippen molar-refractivity contribution in [2.45, 2.75) is 19.8 Å². The third-order valence-corrected chi connectivity index (χ3v) is 4.40. The topological polar surface area (TPSA) is 66.9 Å². The number of pyridine rings is 1. The molecule has 1 fully saturated rings. The number of aromatic nitrogens is 2. The molecule has 23 heavy (non-hydrogen) atoms.